The Morgan fingerprint density at radius 1 is 1.07 bits per heavy atom. The Morgan fingerprint density at radius 2 is 1.59 bits per heavy atom. The number of carbonyl (C=O) groups is 1. The van der Waals surface area contributed by atoms with Crippen molar-refractivity contribution in [3.05, 3.63) is 18.2 Å². The highest BCUT2D eigenvalue weighted by Gasteiger charge is 2.58. The van der Waals surface area contributed by atoms with Gasteiger partial charge in [-0.05, 0) is 49.0 Å². The van der Waals surface area contributed by atoms with E-state index in [-0.39, 0.29) is 5.97 Å². The zero-order chi connectivity index (χ0) is 22.6. The summed E-state index contributed by atoms with van der Waals surface area (Å²) in [4.78, 5) is 22.3. The number of pyridine rings is 1. The first-order chi connectivity index (χ1) is 12.9. The second-order valence-electron chi connectivity index (χ2n) is 10.9. The molecule has 7 heteroatoms. The van der Waals surface area contributed by atoms with Crippen molar-refractivity contribution in [2.45, 2.75) is 72.4 Å². The second-order valence-corrected chi connectivity index (χ2v) is 15.8. The highest BCUT2D eigenvalue weighted by atomic mass is 28.4. The van der Waals surface area contributed by atoms with Crippen LogP contribution in [0, 0.1) is 5.41 Å². The molecule has 0 N–H and O–H groups in total. The molecule has 0 bridgehead atoms. The number of nitrogens with zero attached hydrogens (tertiary/aromatic N) is 3. The van der Waals surface area contributed by atoms with E-state index in [9.17, 15) is 4.79 Å². The van der Waals surface area contributed by atoms with Crippen LogP contribution in [0.1, 0.15) is 62.3 Å². The van der Waals surface area contributed by atoms with Gasteiger partial charge < -0.3 is 13.5 Å². The number of hydrogen-bond donors (Lipinski definition) is 0. The Bertz CT molecular complexity index is 903. The van der Waals surface area contributed by atoms with Gasteiger partial charge in [-0.2, -0.15) is 5.06 Å². The van der Waals surface area contributed by atoms with Crippen molar-refractivity contribution in [2.75, 3.05) is 12.1 Å². The van der Waals surface area contributed by atoms with Crippen molar-refractivity contribution < 1.29 is 13.7 Å². The summed E-state index contributed by atoms with van der Waals surface area (Å²) < 4.78 is 18.8. The number of carbonyl (C=O) groups excluding carboxylic acids is 1. The SMILES string of the molecule is CN(OC(=O)C(C)(C)C)c1ccc2c(cc([Si](F)(C(C)(C)C)C(C)(C)C)n2C)n1. The molecule has 2 aromatic rings. The molecule has 2 rings (SSSR count). The van der Waals surface area contributed by atoms with Crippen molar-refractivity contribution >= 4 is 36.5 Å². The maximum Gasteiger partial charge on any atom is 0.337 e. The lowest BCUT2D eigenvalue weighted by molar-refractivity contribution is -0.153. The minimum absolute atomic E-state index is 0.341. The Kier molecular flexibility index (Phi) is 5.73. The monoisotopic (exact) mass is 421 g/mol. The second kappa shape index (κ2) is 7.11. The lowest BCUT2D eigenvalue weighted by atomic mass is 9.98. The van der Waals surface area contributed by atoms with Crippen LogP contribution in [0.3, 0.4) is 0 Å². The number of hydroxylamine groups is 1. The standard InChI is InChI=1S/C22H36FN3O2Si/c1-20(2,3)19(27)28-26(11)17-13-12-16-15(24-17)14-18(25(16)10)29(23,21(4,5)6)22(7,8)9/h12-14H,1-11H3. The fraction of sp³-hybridized carbons (Fsp3) is 0.636. The van der Waals surface area contributed by atoms with Gasteiger partial charge in [-0.1, -0.05) is 41.5 Å². The smallest absolute Gasteiger partial charge is 0.337 e. The van der Waals surface area contributed by atoms with Crippen LogP contribution >= 0.6 is 0 Å². The molecule has 2 aromatic heterocycles. The predicted octanol–water partition coefficient (Wildman–Crippen LogP) is 5.24. The Morgan fingerprint density at radius 3 is 2.03 bits per heavy atom. The largest absolute Gasteiger partial charge is 0.347 e. The molecule has 0 aliphatic carbocycles. The van der Waals surface area contributed by atoms with E-state index < -0.39 is 23.9 Å². The molecule has 0 aliphatic rings. The average molecular weight is 422 g/mol. The van der Waals surface area contributed by atoms with E-state index in [4.69, 9.17) is 4.84 Å². The van der Waals surface area contributed by atoms with Crippen molar-refractivity contribution in [3.8, 4) is 0 Å². The maximum atomic E-state index is 16.8. The number of halogens is 1. The first-order valence-electron chi connectivity index (χ1n) is 10.0. The average Bonchev–Trinajstić information content (AvgIpc) is 2.87. The molecule has 0 amide bonds. The predicted molar refractivity (Wildman–Crippen MR) is 121 cm³/mol. The van der Waals surface area contributed by atoms with Gasteiger partial charge in [0, 0.05) is 19.4 Å². The topological polar surface area (TPSA) is 47.4 Å². The van der Waals surface area contributed by atoms with Gasteiger partial charge in [0.2, 0.25) is 0 Å². The lowest BCUT2D eigenvalue weighted by Gasteiger charge is -2.44. The molecule has 5 nitrogen and oxygen atoms in total. The molecule has 0 radical (unpaired) electrons. The minimum Gasteiger partial charge on any atom is -0.347 e. The summed E-state index contributed by atoms with van der Waals surface area (Å²) >= 11 is 0. The molecule has 0 atom stereocenters. The van der Waals surface area contributed by atoms with Crippen LogP contribution in [0.15, 0.2) is 18.2 Å². The highest BCUT2D eigenvalue weighted by Crippen LogP contribution is 2.51. The van der Waals surface area contributed by atoms with E-state index in [1.807, 2.05) is 65.3 Å². The van der Waals surface area contributed by atoms with Crippen molar-refractivity contribution in [3.63, 3.8) is 0 Å². The third kappa shape index (κ3) is 4.06. The molecular formula is C22H36FN3O2Si. The van der Waals surface area contributed by atoms with Crippen LogP contribution < -0.4 is 10.4 Å². The first-order valence-corrected chi connectivity index (χ1v) is 11.9. The molecule has 0 fully saturated rings. The summed E-state index contributed by atoms with van der Waals surface area (Å²) in [6.45, 7) is 17.3. The normalized spacial score (nSPS) is 13.7. The summed E-state index contributed by atoms with van der Waals surface area (Å²) in [6, 6.07) is 5.57. The highest BCUT2D eigenvalue weighted by molar-refractivity contribution is 6.90. The van der Waals surface area contributed by atoms with Crippen LogP contribution in [0.2, 0.25) is 10.1 Å². The van der Waals surface area contributed by atoms with Gasteiger partial charge in [0.15, 0.2) is 5.82 Å². The van der Waals surface area contributed by atoms with Gasteiger partial charge in [-0.3, -0.25) is 0 Å². The van der Waals surface area contributed by atoms with Crippen LogP contribution in [0.4, 0.5) is 9.93 Å². The fourth-order valence-corrected chi connectivity index (χ4v) is 8.62. The Balaban J connectivity index is 2.56. The maximum absolute atomic E-state index is 16.8. The van der Waals surface area contributed by atoms with Gasteiger partial charge in [0.25, 0.3) is 0 Å². The molecule has 29 heavy (non-hydrogen) atoms. The number of hydrogen-bond acceptors (Lipinski definition) is 4. The first kappa shape index (κ1) is 23.4. The number of aromatic nitrogens is 2. The quantitative estimate of drug-likeness (QED) is 0.386. The third-order valence-corrected chi connectivity index (χ3v) is 10.8. The summed E-state index contributed by atoms with van der Waals surface area (Å²) in [5.74, 6) is 0.163. The van der Waals surface area contributed by atoms with E-state index in [2.05, 4.69) is 4.98 Å². The van der Waals surface area contributed by atoms with Gasteiger partial charge in [-0.25, -0.2) is 9.78 Å². The zero-order valence-electron chi connectivity index (χ0n) is 19.8. The molecule has 0 aromatic carbocycles. The summed E-state index contributed by atoms with van der Waals surface area (Å²) in [5, 5.41) is 1.14. The number of rotatable bonds is 3. The zero-order valence-corrected chi connectivity index (χ0v) is 20.8. The van der Waals surface area contributed by atoms with Gasteiger partial charge >= 0.3 is 14.4 Å². The summed E-state index contributed by atoms with van der Waals surface area (Å²) in [6.07, 6.45) is 0. The molecular weight excluding hydrogens is 385 g/mol. The van der Waals surface area contributed by atoms with E-state index in [1.165, 1.54) is 5.06 Å². The van der Waals surface area contributed by atoms with Gasteiger partial charge in [0.1, 0.15) is 0 Å². The number of fused-ring (bicyclic) bond motifs is 1. The molecule has 162 valence electrons. The van der Waals surface area contributed by atoms with Gasteiger partial charge in [0.05, 0.1) is 16.4 Å². The van der Waals surface area contributed by atoms with Gasteiger partial charge in [-0.15, -0.1) is 0 Å². The van der Waals surface area contributed by atoms with Crippen molar-refractivity contribution in [1.82, 2.24) is 9.55 Å². The van der Waals surface area contributed by atoms with Crippen molar-refractivity contribution in [2.24, 2.45) is 12.5 Å². The Hall–Kier alpha value is -1.89. The summed E-state index contributed by atoms with van der Waals surface area (Å²) in [5.41, 5.74) is 0.945. The molecule has 0 aliphatic heterocycles. The van der Waals surface area contributed by atoms with E-state index in [1.54, 1.807) is 33.9 Å². The molecule has 2 heterocycles. The fourth-order valence-electron chi connectivity index (χ4n) is 3.91. The third-order valence-electron chi connectivity index (χ3n) is 5.46. The summed E-state index contributed by atoms with van der Waals surface area (Å²) in [7, 11) is 0.129. The minimum atomic E-state index is -3.43. The van der Waals surface area contributed by atoms with E-state index in [0.717, 1.165) is 10.8 Å². The van der Waals surface area contributed by atoms with Crippen molar-refractivity contribution in [1.29, 1.82) is 0 Å². The Labute approximate surface area is 175 Å². The molecule has 0 saturated heterocycles. The lowest BCUT2D eigenvalue weighted by Crippen LogP contribution is -2.60. The number of anilines is 1. The molecule has 0 saturated carbocycles. The van der Waals surface area contributed by atoms with Crippen LogP contribution in [-0.4, -0.2) is 31.0 Å². The van der Waals surface area contributed by atoms with Crippen LogP contribution in [-0.2, 0) is 16.7 Å². The molecule has 0 spiro atoms. The van der Waals surface area contributed by atoms with E-state index in [0.29, 0.717) is 11.3 Å². The van der Waals surface area contributed by atoms with Crippen LogP contribution in [0.25, 0.3) is 11.0 Å². The van der Waals surface area contributed by atoms with E-state index >= 15 is 4.11 Å². The molecule has 0 unspecified atom stereocenters. The number of aryl methyl sites for hydroxylation is 1. The van der Waals surface area contributed by atoms with Crippen LogP contribution in [0.5, 0.6) is 0 Å².